The zero-order valence-electron chi connectivity index (χ0n) is 13.6. The highest BCUT2D eigenvalue weighted by molar-refractivity contribution is 5.68. The largest absolute Gasteiger partial charge is 0.491 e. The molecule has 2 rings (SSSR count). The van der Waals surface area contributed by atoms with Crippen molar-refractivity contribution in [1.29, 1.82) is 0 Å². The van der Waals surface area contributed by atoms with Crippen molar-refractivity contribution in [2.45, 2.75) is 13.8 Å². The Morgan fingerprint density at radius 1 is 1.17 bits per heavy atom. The minimum atomic E-state index is -0.735. The summed E-state index contributed by atoms with van der Waals surface area (Å²) in [5, 5.41) is 0. The van der Waals surface area contributed by atoms with Crippen molar-refractivity contribution in [3.8, 4) is 5.75 Å². The molecule has 0 unspecified atom stereocenters. The Hall–Kier alpha value is -2.05. The lowest BCUT2D eigenvalue weighted by Gasteiger charge is -2.35. The molecule has 23 heavy (non-hydrogen) atoms. The summed E-state index contributed by atoms with van der Waals surface area (Å²) in [6.45, 7) is 6.20. The van der Waals surface area contributed by atoms with E-state index >= 15 is 0 Å². The summed E-state index contributed by atoms with van der Waals surface area (Å²) >= 11 is 0. The van der Waals surface area contributed by atoms with Gasteiger partial charge in [-0.15, -0.1) is 0 Å². The molecule has 1 saturated heterocycles. The number of carbonyl (C=O) groups excluding carboxylic acids is 1. The van der Waals surface area contributed by atoms with Gasteiger partial charge >= 0.3 is 6.09 Å². The van der Waals surface area contributed by atoms with Crippen molar-refractivity contribution in [2.75, 3.05) is 44.8 Å². The summed E-state index contributed by atoms with van der Waals surface area (Å²) in [6.07, 6.45) is -0.342. The van der Waals surface area contributed by atoms with Crippen LogP contribution >= 0.6 is 0 Å². The van der Waals surface area contributed by atoms with Crippen LogP contribution in [0.25, 0.3) is 0 Å². The number of benzene rings is 1. The van der Waals surface area contributed by atoms with Crippen LogP contribution in [0, 0.1) is 17.6 Å². The minimum Gasteiger partial charge on any atom is -0.491 e. The number of ether oxygens (including phenoxy) is 2. The first-order chi connectivity index (χ1) is 10.9. The molecule has 128 valence electrons. The number of halogens is 2. The standard InChI is InChI=1S/C16H22F2N2O3/c1-11(2)10-23-16(21)20-6-4-19(5-7-20)12-8-13(17)15(22-3)14(18)9-12/h8-9,11H,4-7,10H2,1-3H3. The lowest BCUT2D eigenvalue weighted by molar-refractivity contribution is 0.0901. The predicted octanol–water partition coefficient (Wildman–Crippen LogP) is 2.89. The zero-order chi connectivity index (χ0) is 17.0. The quantitative estimate of drug-likeness (QED) is 0.852. The van der Waals surface area contributed by atoms with Gasteiger partial charge in [-0.2, -0.15) is 0 Å². The van der Waals surface area contributed by atoms with Crippen LogP contribution < -0.4 is 9.64 Å². The minimum absolute atomic E-state index is 0.283. The lowest BCUT2D eigenvalue weighted by Crippen LogP contribution is -2.49. The third-order valence-corrected chi connectivity index (χ3v) is 3.63. The molecule has 0 atom stereocenters. The van der Waals surface area contributed by atoms with Crippen LogP contribution in [-0.4, -0.2) is 50.9 Å². The van der Waals surface area contributed by atoms with Gasteiger partial charge in [-0.05, 0) is 5.92 Å². The molecular weight excluding hydrogens is 306 g/mol. The van der Waals surface area contributed by atoms with Gasteiger partial charge < -0.3 is 19.3 Å². The molecule has 1 aromatic rings. The first-order valence-electron chi connectivity index (χ1n) is 7.62. The molecule has 1 heterocycles. The number of anilines is 1. The second kappa shape index (κ2) is 7.48. The molecule has 7 heteroatoms. The van der Waals surface area contributed by atoms with Crippen molar-refractivity contribution in [3.05, 3.63) is 23.8 Å². The van der Waals surface area contributed by atoms with Gasteiger partial charge in [0.2, 0.25) is 0 Å². The average molecular weight is 328 g/mol. The molecular formula is C16H22F2N2O3. The summed E-state index contributed by atoms with van der Waals surface area (Å²) in [5.41, 5.74) is 0.441. The van der Waals surface area contributed by atoms with Crippen LogP contribution in [0.5, 0.6) is 5.75 Å². The van der Waals surface area contributed by atoms with Crippen LogP contribution in [0.15, 0.2) is 12.1 Å². The summed E-state index contributed by atoms with van der Waals surface area (Å²) in [6, 6.07) is 2.49. The number of hydrogen-bond acceptors (Lipinski definition) is 4. The maximum absolute atomic E-state index is 13.8. The van der Waals surface area contributed by atoms with Crippen LogP contribution in [-0.2, 0) is 4.74 Å². The lowest BCUT2D eigenvalue weighted by atomic mass is 10.2. The van der Waals surface area contributed by atoms with Gasteiger partial charge in [-0.1, -0.05) is 13.8 Å². The number of hydrogen-bond donors (Lipinski definition) is 0. The molecule has 1 aliphatic rings. The molecule has 0 saturated carbocycles. The van der Waals surface area contributed by atoms with Gasteiger partial charge in [0.1, 0.15) is 0 Å². The van der Waals surface area contributed by atoms with Crippen molar-refractivity contribution < 1.29 is 23.0 Å². The second-order valence-corrected chi connectivity index (χ2v) is 5.89. The number of methoxy groups -OCH3 is 1. The maximum atomic E-state index is 13.8. The van der Waals surface area contributed by atoms with Crippen LogP contribution in [0.4, 0.5) is 19.3 Å². The molecule has 5 nitrogen and oxygen atoms in total. The fourth-order valence-corrected chi connectivity index (χ4v) is 2.40. The van der Waals surface area contributed by atoms with Crippen LogP contribution in [0.2, 0.25) is 0 Å². The zero-order valence-corrected chi connectivity index (χ0v) is 13.6. The summed E-state index contributed by atoms with van der Waals surface area (Å²) in [5.74, 6) is -1.57. The molecule has 0 spiro atoms. The number of carbonyl (C=O) groups is 1. The predicted molar refractivity (Wildman–Crippen MR) is 82.9 cm³/mol. The van der Waals surface area contributed by atoms with E-state index in [0.29, 0.717) is 38.5 Å². The number of amides is 1. The van der Waals surface area contributed by atoms with E-state index in [1.807, 2.05) is 18.7 Å². The van der Waals surface area contributed by atoms with E-state index in [1.54, 1.807) is 4.90 Å². The Morgan fingerprint density at radius 3 is 2.22 bits per heavy atom. The number of piperazine rings is 1. The van der Waals surface area contributed by atoms with Crippen molar-refractivity contribution in [1.82, 2.24) is 4.90 Å². The fourth-order valence-electron chi connectivity index (χ4n) is 2.40. The van der Waals surface area contributed by atoms with Gasteiger partial charge in [0, 0.05) is 44.0 Å². The Morgan fingerprint density at radius 2 is 1.74 bits per heavy atom. The molecule has 0 bridgehead atoms. The van der Waals surface area contributed by atoms with Crippen molar-refractivity contribution in [3.63, 3.8) is 0 Å². The first-order valence-corrected chi connectivity index (χ1v) is 7.62. The molecule has 1 fully saturated rings. The highest BCUT2D eigenvalue weighted by Crippen LogP contribution is 2.28. The van der Waals surface area contributed by atoms with Gasteiger partial charge in [0.25, 0.3) is 0 Å². The normalized spacial score (nSPS) is 15.0. The van der Waals surface area contributed by atoms with Gasteiger partial charge in [-0.25, -0.2) is 13.6 Å². The van der Waals surface area contributed by atoms with Gasteiger partial charge in [0.05, 0.1) is 13.7 Å². The average Bonchev–Trinajstić information content (AvgIpc) is 2.52. The number of rotatable bonds is 4. The SMILES string of the molecule is COc1c(F)cc(N2CCN(C(=O)OCC(C)C)CC2)cc1F. The molecule has 0 radical (unpaired) electrons. The Labute approximate surface area is 134 Å². The number of nitrogens with zero attached hydrogens (tertiary/aromatic N) is 2. The molecule has 0 N–H and O–H groups in total. The smallest absolute Gasteiger partial charge is 0.409 e. The fraction of sp³-hybridized carbons (Fsp3) is 0.562. The summed E-state index contributed by atoms with van der Waals surface area (Å²) in [7, 11) is 1.22. The molecule has 1 aromatic carbocycles. The van der Waals surface area contributed by atoms with E-state index < -0.39 is 11.6 Å². The van der Waals surface area contributed by atoms with E-state index in [9.17, 15) is 13.6 Å². The summed E-state index contributed by atoms with van der Waals surface area (Å²) < 4.78 is 37.4. The van der Waals surface area contributed by atoms with Crippen molar-refractivity contribution >= 4 is 11.8 Å². The summed E-state index contributed by atoms with van der Waals surface area (Å²) in [4.78, 5) is 15.3. The molecule has 1 aliphatic heterocycles. The molecule has 1 amide bonds. The van der Waals surface area contributed by atoms with Crippen LogP contribution in [0.3, 0.4) is 0 Å². The third kappa shape index (κ3) is 4.24. The Kier molecular flexibility index (Phi) is 5.63. The topological polar surface area (TPSA) is 42.0 Å². The molecule has 0 aliphatic carbocycles. The molecule has 0 aromatic heterocycles. The van der Waals surface area contributed by atoms with Crippen LogP contribution in [0.1, 0.15) is 13.8 Å². The van der Waals surface area contributed by atoms with Gasteiger partial charge in [0.15, 0.2) is 17.4 Å². The van der Waals surface area contributed by atoms with E-state index in [4.69, 9.17) is 4.74 Å². The second-order valence-electron chi connectivity index (χ2n) is 5.89. The van der Waals surface area contributed by atoms with Crippen molar-refractivity contribution in [2.24, 2.45) is 5.92 Å². The van der Waals surface area contributed by atoms with Gasteiger partial charge in [-0.3, -0.25) is 0 Å². The van der Waals surface area contributed by atoms with E-state index in [0.717, 1.165) is 0 Å². The van der Waals surface area contributed by atoms with E-state index in [1.165, 1.54) is 19.2 Å². The Balaban J connectivity index is 1.95. The highest BCUT2D eigenvalue weighted by Gasteiger charge is 2.24. The van der Waals surface area contributed by atoms with E-state index in [2.05, 4.69) is 4.74 Å². The maximum Gasteiger partial charge on any atom is 0.409 e. The first kappa shape index (κ1) is 17.3. The van der Waals surface area contributed by atoms with E-state index in [-0.39, 0.29) is 17.8 Å². The third-order valence-electron chi connectivity index (χ3n) is 3.63. The highest BCUT2D eigenvalue weighted by atomic mass is 19.1. The monoisotopic (exact) mass is 328 g/mol. The Bertz CT molecular complexity index is 535.